The van der Waals surface area contributed by atoms with Crippen LogP contribution >= 0.6 is 0 Å². The van der Waals surface area contributed by atoms with Gasteiger partial charge < -0.3 is 10.1 Å². The van der Waals surface area contributed by atoms with Crippen molar-refractivity contribution in [2.75, 3.05) is 11.9 Å². The smallest absolute Gasteiger partial charge is 0.229 e. The standard InChI is InChI=1S/C14H16FNO2/c1-5-6-18-12-8-10(15)7-11(9-12)16-13(17)14(2,3)4/h1,7-9H,6H2,2-4H3,(H,16,17). The topological polar surface area (TPSA) is 38.3 Å². The Kier molecular flexibility index (Phi) is 4.33. The van der Waals surface area contributed by atoms with E-state index < -0.39 is 11.2 Å². The average Bonchev–Trinajstić information content (AvgIpc) is 2.24. The molecule has 0 atom stereocenters. The molecule has 0 unspecified atom stereocenters. The predicted octanol–water partition coefficient (Wildman–Crippen LogP) is 2.82. The summed E-state index contributed by atoms with van der Waals surface area (Å²) in [5, 5.41) is 2.63. The van der Waals surface area contributed by atoms with Crippen LogP contribution in [-0.4, -0.2) is 12.5 Å². The number of benzene rings is 1. The number of halogens is 1. The summed E-state index contributed by atoms with van der Waals surface area (Å²) in [6, 6.07) is 3.97. The number of hydrogen-bond donors (Lipinski definition) is 1. The van der Waals surface area contributed by atoms with Crippen LogP contribution < -0.4 is 10.1 Å². The van der Waals surface area contributed by atoms with Gasteiger partial charge in [-0.3, -0.25) is 4.79 Å². The van der Waals surface area contributed by atoms with Crippen LogP contribution in [0.25, 0.3) is 0 Å². The number of rotatable bonds is 3. The first kappa shape index (κ1) is 14.0. The number of terminal acetylenes is 1. The van der Waals surface area contributed by atoms with Crippen molar-refractivity contribution >= 4 is 11.6 Å². The number of carbonyl (C=O) groups excluding carboxylic acids is 1. The van der Waals surface area contributed by atoms with E-state index >= 15 is 0 Å². The molecule has 0 fully saturated rings. The van der Waals surface area contributed by atoms with Gasteiger partial charge in [0.1, 0.15) is 18.2 Å². The molecule has 0 aliphatic heterocycles. The third-order valence-electron chi connectivity index (χ3n) is 2.13. The largest absolute Gasteiger partial charge is 0.481 e. The summed E-state index contributed by atoms with van der Waals surface area (Å²) in [6.45, 7) is 5.38. The van der Waals surface area contributed by atoms with Gasteiger partial charge in [0.25, 0.3) is 0 Å². The average molecular weight is 249 g/mol. The molecule has 3 nitrogen and oxygen atoms in total. The van der Waals surface area contributed by atoms with E-state index in [1.807, 2.05) is 0 Å². The highest BCUT2D eigenvalue weighted by Crippen LogP contribution is 2.22. The molecular weight excluding hydrogens is 233 g/mol. The van der Waals surface area contributed by atoms with E-state index in [9.17, 15) is 9.18 Å². The van der Waals surface area contributed by atoms with Crippen molar-refractivity contribution in [3.05, 3.63) is 24.0 Å². The molecule has 1 aromatic carbocycles. The van der Waals surface area contributed by atoms with E-state index in [4.69, 9.17) is 11.2 Å². The lowest BCUT2D eigenvalue weighted by Gasteiger charge is -2.18. The van der Waals surface area contributed by atoms with Crippen molar-refractivity contribution in [2.45, 2.75) is 20.8 Å². The zero-order valence-electron chi connectivity index (χ0n) is 10.7. The van der Waals surface area contributed by atoms with Crippen molar-refractivity contribution in [3.63, 3.8) is 0 Å². The van der Waals surface area contributed by atoms with Crippen molar-refractivity contribution in [1.29, 1.82) is 0 Å². The summed E-state index contributed by atoms with van der Waals surface area (Å²) < 4.78 is 18.4. The Morgan fingerprint density at radius 1 is 1.44 bits per heavy atom. The molecule has 0 radical (unpaired) electrons. The molecular formula is C14H16FNO2. The second kappa shape index (κ2) is 5.54. The van der Waals surface area contributed by atoms with Gasteiger partial charge in [-0.15, -0.1) is 6.42 Å². The minimum absolute atomic E-state index is 0.0517. The molecule has 0 aliphatic rings. The van der Waals surface area contributed by atoms with Crippen LogP contribution in [0, 0.1) is 23.6 Å². The van der Waals surface area contributed by atoms with Gasteiger partial charge in [-0.2, -0.15) is 0 Å². The second-order valence-corrected chi connectivity index (χ2v) is 4.87. The molecule has 96 valence electrons. The van der Waals surface area contributed by atoms with Gasteiger partial charge in [-0.05, 0) is 6.07 Å². The van der Waals surface area contributed by atoms with Crippen molar-refractivity contribution < 1.29 is 13.9 Å². The fourth-order valence-corrected chi connectivity index (χ4v) is 1.16. The first-order valence-corrected chi connectivity index (χ1v) is 5.51. The van der Waals surface area contributed by atoms with Crippen LogP contribution in [-0.2, 0) is 4.79 Å². The van der Waals surface area contributed by atoms with Crippen LogP contribution in [0.5, 0.6) is 5.75 Å². The van der Waals surface area contributed by atoms with Crippen LogP contribution in [0.1, 0.15) is 20.8 Å². The zero-order chi connectivity index (χ0) is 13.8. The summed E-state index contributed by atoms with van der Waals surface area (Å²) in [5.41, 5.74) is -0.200. The highest BCUT2D eigenvalue weighted by atomic mass is 19.1. The summed E-state index contributed by atoms with van der Waals surface area (Å²) in [6.07, 6.45) is 5.05. The minimum Gasteiger partial charge on any atom is -0.481 e. The Balaban J connectivity index is 2.87. The molecule has 1 N–H and O–H groups in total. The van der Waals surface area contributed by atoms with Gasteiger partial charge in [-0.25, -0.2) is 4.39 Å². The molecule has 0 aliphatic carbocycles. The summed E-state index contributed by atoms with van der Waals surface area (Å²) in [4.78, 5) is 11.8. The Labute approximate surface area is 106 Å². The van der Waals surface area contributed by atoms with Gasteiger partial charge in [0.15, 0.2) is 0 Å². The molecule has 0 heterocycles. The van der Waals surface area contributed by atoms with E-state index in [0.717, 1.165) is 0 Å². The quantitative estimate of drug-likeness (QED) is 0.836. The molecule has 18 heavy (non-hydrogen) atoms. The molecule has 0 saturated carbocycles. The van der Waals surface area contributed by atoms with Crippen LogP contribution in [0.3, 0.4) is 0 Å². The normalized spacial score (nSPS) is 10.6. The first-order chi connectivity index (χ1) is 8.32. The summed E-state index contributed by atoms with van der Waals surface area (Å²) >= 11 is 0. The molecule has 1 amide bonds. The summed E-state index contributed by atoms with van der Waals surface area (Å²) in [7, 11) is 0. The third kappa shape index (κ3) is 4.10. The highest BCUT2D eigenvalue weighted by Gasteiger charge is 2.21. The minimum atomic E-state index is -0.549. The van der Waals surface area contributed by atoms with Crippen molar-refractivity contribution in [1.82, 2.24) is 0 Å². The number of hydrogen-bond acceptors (Lipinski definition) is 2. The number of carbonyl (C=O) groups is 1. The zero-order valence-corrected chi connectivity index (χ0v) is 10.7. The molecule has 1 aromatic rings. The molecule has 1 rings (SSSR count). The molecule has 0 bridgehead atoms. The van der Waals surface area contributed by atoms with Crippen LogP contribution in [0.15, 0.2) is 18.2 Å². The van der Waals surface area contributed by atoms with E-state index in [1.54, 1.807) is 20.8 Å². The van der Waals surface area contributed by atoms with Gasteiger partial charge >= 0.3 is 0 Å². The van der Waals surface area contributed by atoms with Gasteiger partial charge in [0.2, 0.25) is 5.91 Å². The maximum atomic E-state index is 13.3. The van der Waals surface area contributed by atoms with Gasteiger partial charge in [0, 0.05) is 23.2 Å². The first-order valence-electron chi connectivity index (χ1n) is 5.51. The fourth-order valence-electron chi connectivity index (χ4n) is 1.16. The lowest BCUT2D eigenvalue weighted by molar-refractivity contribution is -0.123. The Hall–Kier alpha value is -2.02. The molecule has 0 aromatic heterocycles. The highest BCUT2D eigenvalue weighted by molar-refractivity contribution is 5.94. The van der Waals surface area contributed by atoms with E-state index in [-0.39, 0.29) is 18.3 Å². The number of anilines is 1. The Morgan fingerprint density at radius 2 is 2.11 bits per heavy atom. The summed E-state index contributed by atoms with van der Waals surface area (Å²) in [5.74, 6) is 1.89. The van der Waals surface area contributed by atoms with Crippen LogP contribution in [0.2, 0.25) is 0 Å². The van der Waals surface area contributed by atoms with Gasteiger partial charge in [-0.1, -0.05) is 26.7 Å². The monoisotopic (exact) mass is 249 g/mol. The lowest BCUT2D eigenvalue weighted by atomic mass is 9.95. The number of amides is 1. The molecule has 4 heteroatoms. The second-order valence-electron chi connectivity index (χ2n) is 4.87. The predicted molar refractivity (Wildman–Crippen MR) is 68.8 cm³/mol. The third-order valence-corrected chi connectivity index (χ3v) is 2.13. The van der Waals surface area contributed by atoms with Crippen molar-refractivity contribution in [2.24, 2.45) is 5.41 Å². The van der Waals surface area contributed by atoms with E-state index in [1.165, 1.54) is 18.2 Å². The van der Waals surface area contributed by atoms with Gasteiger partial charge in [0.05, 0.1) is 0 Å². The maximum Gasteiger partial charge on any atom is 0.229 e. The lowest BCUT2D eigenvalue weighted by Crippen LogP contribution is -2.27. The number of nitrogens with one attached hydrogen (secondary N) is 1. The molecule has 0 saturated heterocycles. The van der Waals surface area contributed by atoms with E-state index in [0.29, 0.717) is 5.69 Å². The Morgan fingerprint density at radius 3 is 2.67 bits per heavy atom. The van der Waals surface area contributed by atoms with E-state index in [2.05, 4.69) is 11.2 Å². The van der Waals surface area contributed by atoms with Crippen LogP contribution in [0.4, 0.5) is 10.1 Å². The van der Waals surface area contributed by atoms with Crippen molar-refractivity contribution in [3.8, 4) is 18.1 Å². The Bertz CT molecular complexity index is 484. The SMILES string of the molecule is C#CCOc1cc(F)cc(NC(=O)C(C)(C)C)c1. The maximum absolute atomic E-state index is 13.3. The number of ether oxygens (including phenoxy) is 1. The molecule has 0 spiro atoms. The fraction of sp³-hybridized carbons (Fsp3) is 0.357.